The zero-order chi connectivity index (χ0) is 16.8. The zero-order valence-electron chi connectivity index (χ0n) is 15.0. The highest BCUT2D eigenvalue weighted by atomic mass is 16.5. The van der Waals surface area contributed by atoms with E-state index in [1.807, 2.05) is 6.07 Å². The van der Waals surface area contributed by atoms with Crippen LogP contribution in [0.5, 0.6) is 17.2 Å². The number of unbranched alkanes of at least 4 members (excludes halogenated alkanes) is 8. The summed E-state index contributed by atoms with van der Waals surface area (Å²) in [4.78, 5) is 0. The van der Waals surface area contributed by atoms with Crippen LogP contribution < -0.4 is 9.47 Å². The molecule has 23 heavy (non-hydrogen) atoms. The smallest absolute Gasteiger partial charge is 0.161 e. The van der Waals surface area contributed by atoms with Gasteiger partial charge in [0, 0.05) is 6.07 Å². The van der Waals surface area contributed by atoms with E-state index in [0.29, 0.717) is 24.7 Å². The van der Waals surface area contributed by atoms with Crippen LogP contribution in [0.2, 0.25) is 0 Å². The van der Waals surface area contributed by atoms with Crippen molar-refractivity contribution in [3.05, 3.63) is 18.2 Å². The minimum absolute atomic E-state index is 0.169. The molecule has 0 atom stereocenters. The van der Waals surface area contributed by atoms with Crippen molar-refractivity contribution < 1.29 is 14.6 Å². The van der Waals surface area contributed by atoms with E-state index < -0.39 is 0 Å². The van der Waals surface area contributed by atoms with Gasteiger partial charge in [-0.3, -0.25) is 0 Å². The molecule has 0 amide bonds. The first-order valence-corrected chi connectivity index (χ1v) is 9.36. The lowest BCUT2D eigenvalue weighted by molar-refractivity contribution is 0.282. The van der Waals surface area contributed by atoms with Crippen LogP contribution in [-0.4, -0.2) is 18.3 Å². The topological polar surface area (TPSA) is 38.7 Å². The fourth-order valence-electron chi connectivity index (χ4n) is 2.49. The average Bonchev–Trinajstić information content (AvgIpc) is 2.55. The molecule has 0 saturated carbocycles. The summed E-state index contributed by atoms with van der Waals surface area (Å²) in [5.41, 5.74) is 0. The Hall–Kier alpha value is -1.38. The monoisotopic (exact) mass is 322 g/mol. The molecule has 1 rings (SSSR count). The first-order chi connectivity index (χ1) is 11.3. The maximum Gasteiger partial charge on any atom is 0.161 e. The normalized spacial score (nSPS) is 10.7. The molecule has 0 aromatic heterocycles. The highest BCUT2D eigenvalue weighted by Crippen LogP contribution is 2.30. The molecule has 0 bridgehead atoms. The number of ether oxygens (including phenoxy) is 2. The molecule has 1 aromatic rings. The lowest BCUT2D eigenvalue weighted by atomic mass is 10.2. The molecule has 0 heterocycles. The Morgan fingerprint density at radius 2 is 1.30 bits per heavy atom. The quantitative estimate of drug-likeness (QED) is 0.421. The van der Waals surface area contributed by atoms with Crippen LogP contribution in [0.25, 0.3) is 0 Å². The van der Waals surface area contributed by atoms with Crippen molar-refractivity contribution in [3.8, 4) is 17.2 Å². The largest absolute Gasteiger partial charge is 0.504 e. The second kappa shape index (κ2) is 13.1. The lowest BCUT2D eigenvalue weighted by Crippen LogP contribution is -1.99. The summed E-state index contributed by atoms with van der Waals surface area (Å²) in [6, 6.07) is 5.32. The van der Waals surface area contributed by atoms with Crippen LogP contribution in [0.15, 0.2) is 18.2 Å². The van der Waals surface area contributed by atoms with Crippen LogP contribution in [-0.2, 0) is 0 Å². The minimum atomic E-state index is 0.169. The van der Waals surface area contributed by atoms with Gasteiger partial charge in [0.1, 0.15) is 5.75 Å². The van der Waals surface area contributed by atoms with E-state index in [1.165, 1.54) is 51.4 Å². The second-order valence-corrected chi connectivity index (χ2v) is 6.15. The van der Waals surface area contributed by atoms with E-state index in [4.69, 9.17) is 9.47 Å². The molecular weight excluding hydrogens is 288 g/mol. The molecule has 0 spiro atoms. The third kappa shape index (κ3) is 9.37. The van der Waals surface area contributed by atoms with Gasteiger partial charge in [-0.1, -0.05) is 65.2 Å². The maximum absolute atomic E-state index is 10.00. The fraction of sp³-hybridized carbons (Fsp3) is 0.700. The number of hydrogen-bond donors (Lipinski definition) is 1. The predicted octanol–water partition coefficient (Wildman–Crippen LogP) is 6.09. The van der Waals surface area contributed by atoms with Crippen LogP contribution in [0.4, 0.5) is 0 Å². The molecule has 0 radical (unpaired) electrons. The molecule has 0 fully saturated rings. The van der Waals surface area contributed by atoms with Gasteiger partial charge in [-0.05, 0) is 25.0 Å². The van der Waals surface area contributed by atoms with E-state index >= 15 is 0 Å². The number of phenols is 1. The molecule has 3 nitrogen and oxygen atoms in total. The Morgan fingerprint density at radius 3 is 1.87 bits per heavy atom. The first-order valence-electron chi connectivity index (χ1n) is 9.36. The fourth-order valence-corrected chi connectivity index (χ4v) is 2.49. The molecule has 0 unspecified atom stereocenters. The number of aromatic hydroxyl groups is 1. The summed E-state index contributed by atoms with van der Waals surface area (Å²) < 4.78 is 11.3. The second-order valence-electron chi connectivity index (χ2n) is 6.15. The summed E-state index contributed by atoms with van der Waals surface area (Å²) in [7, 11) is 0. The molecule has 1 N–H and O–H groups in total. The number of hydrogen-bond acceptors (Lipinski definition) is 3. The average molecular weight is 322 g/mol. The van der Waals surface area contributed by atoms with Gasteiger partial charge in [-0.25, -0.2) is 0 Å². The molecular formula is C20H34O3. The minimum Gasteiger partial charge on any atom is -0.504 e. The van der Waals surface area contributed by atoms with Gasteiger partial charge in [0.15, 0.2) is 11.5 Å². The Kier molecular flexibility index (Phi) is 11.2. The van der Waals surface area contributed by atoms with Gasteiger partial charge in [-0.2, -0.15) is 0 Å². The Morgan fingerprint density at radius 1 is 0.739 bits per heavy atom. The van der Waals surface area contributed by atoms with E-state index in [-0.39, 0.29) is 5.75 Å². The van der Waals surface area contributed by atoms with Gasteiger partial charge < -0.3 is 14.6 Å². The van der Waals surface area contributed by atoms with Gasteiger partial charge in [-0.15, -0.1) is 0 Å². The van der Waals surface area contributed by atoms with Gasteiger partial charge >= 0.3 is 0 Å². The van der Waals surface area contributed by atoms with E-state index in [2.05, 4.69) is 13.8 Å². The standard InChI is InChI=1S/C20H34O3/c1-3-5-7-9-11-15-22-18-13-14-20(19(21)17-18)23-16-12-10-8-6-4-2/h13-14,17,21H,3-12,15-16H2,1-2H3. The Bertz CT molecular complexity index is 404. The SMILES string of the molecule is CCCCCCCOc1ccc(OCCCCCCC)c(O)c1. The van der Waals surface area contributed by atoms with Crippen molar-refractivity contribution in [3.63, 3.8) is 0 Å². The third-order valence-electron chi connectivity index (χ3n) is 3.95. The zero-order valence-corrected chi connectivity index (χ0v) is 15.0. The molecule has 0 aliphatic carbocycles. The molecule has 3 heteroatoms. The molecule has 132 valence electrons. The first kappa shape index (κ1) is 19.7. The molecule has 0 aliphatic heterocycles. The van der Waals surface area contributed by atoms with Crippen molar-refractivity contribution in [1.82, 2.24) is 0 Å². The molecule has 0 aliphatic rings. The van der Waals surface area contributed by atoms with Crippen molar-refractivity contribution >= 4 is 0 Å². The highest BCUT2D eigenvalue weighted by Gasteiger charge is 2.04. The van der Waals surface area contributed by atoms with Crippen LogP contribution in [0.1, 0.15) is 78.1 Å². The van der Waals surface area contributed by atoms with Gasteiger partial charge in [0.05, 0.1) is 13.2 Å². The van der Waals surface area contributed by atoms with Gasteiger partial charge in [0.25, 0.3) is 0 Å². The summed E-state index contributed by atoms with van der Waals surface area (Å²) in [5, 5.41) is 10.00. The number of rotatable bonds is 14. The number of benzene rings is 1. The van der Waals surface area contributed by atoms with Crippen LogP contribution in [0.3, 0.4) is 0 Å². The summed E-state index contributed by atoms with van der Waals surface area (Å²) in [5.74, 6) is 1.44. The van der Waals surface area contributed by atoms with Crippen molar-refractivity contribution in [2.75, 3.05) is 13.2 Å². The summed E-state index contributed by atoms with van der Waals surface area (Å²) in [6.07, 6.45) is 12.1. The van der Waals surface area contributed by atoms with Crippen molar-refractivity contribution in [2.45, 2.75) is 78.1 Å². The van der Waals surface area contributed by atoms with Crippen molar-refractivity contribution in [2.24, 2.45) is 0 Å². The number of phenolic OH excluding ortho intramolecular Hbond substituents is 1. The molecule has 0 saturated heterocycles. The van der Waals surface area contributed by atoms with Crippen LogP contribution in [0, 0.1) is 0 Å². The predicted molar refractivity (Wildman–Crippen MR) is 96.6 cm³/mol. The maximum atomic E-state index is 10.00. The Labute approximate surface area is 142 Å². The van der Waals surface area contributed by atoms with E-state index in [0.717, 1.165) is 12.8 Å². The summed E-state index contributed by atoms with van der Waals surface area (Å²) in [6.45, 7) is 5.80. The van der Waals surface area contributed by atoms with E-state index in [9.17, 15) is 5.11 Å². The summed E-state index contributed by atoms with van der Waals surface area (Å²) >= 11 is 0. The highest BCUT2D eigenvalue weighted by molar-refractivity contribution is 5.44. The van der Waals surface area contributed by atoms with E-state index in [1.54, 1.807) is 12.1 Å². The van der Waals surface area contributed by atoms with Gasteiger partial charge in [0.2, 0.25) is 0 Å². The lowest BCUT2D eigenvalue weighted by Gasteiger charge is -2.10. The van der Waals surface area contributed by atoms with Crippen molar-refractivity contribution in [1.29, 1.82) is 0 Å². The third-order valence-corrected chi connectivity index (χ3v) is 3.95. The Balaban J connectivity index is 2.20. The molecule has 1 aromatic carbocycles. The van der Waals surface area contributed by atoms with Crippen LogP contribution >= 0.6 is 0 Å².